The van der Waals surface area contributed by atoms with Crippen molar-refractivity contribution in [1.82, 2.24) is 15.0 Å². The predicted molar refractivity (Wildman–Crippen MR) is 91.9 cm³/mol. The van der Waals surface area contributed by atoms with Gasteiger partial charge in [0.15, 0.2) is 0 Å². The van der Waals surface area contributed by atoms with Gasteiger partial charge >= 0.3 is 0 Å². The van der Waals surface area contributed by atoms with Crippen molar-refractivity contribution in [2.75, 3.05) is 20.8 Å². The molecule has 0 fully saturated rings. The Morgan fingerprint density at radius 2 is 1.96 bits per heavy atom. The topological polar surface area (TPSA) is 49.2 Å². The first-order valence-corrected chi connectivity index (χ1v) is 7.76. The fourth-order valence-electron chi connectivity index (χ4n) is 1.97. The third-order valence-electron chi connectivity index (χ3n) is 3.21. The summed E-state index contributed by atoms with van der Waals surface area (Å²) in [5, 5.41) is 8.33. The van der Waals surface area contributed by atoms with E-state index >= 15 is 0 Å². The molecule has 0 amide bonds. The van der Waals surface area contributed by atoms with Crippen LogP contribution in [0, 0.1) is 11.8 Å². The van der Waals surface area contributed by atoms with Gasteiger partial charge in [0, 0.05) is 14.2 Å². The predicted octanol–water partition coefficient (Wildman–Crippen LogP) is 3.12. The average Bonchev–Trinajstić information content (AvgIpc) is 2.88. The summed E-state index contributed by atoms with van der Waals surface area (Å²) in [6, 6.07) is 0. The van der Waals surface area contributed by atoms with Crippen LogP contribution in [0.5, 0.6) is 0 Å². The van der Waals surface area contributed by atoms with Crippen molar-refractivity contribution in [3.63, 3.8) is 0 Å². The normalized spacial score (nSPS) is 11.1. The maximum Gasteiger partial charge on any atom is 0.137 e. The second kappa shape index (κ2) is 10.8. The molecule has 1 rings (SSSR count). The van der Waals surface area contributed by atoms with Crippen LogP contribution in [0.25, 0.3) is 0 Å². The fraction of sp³-hybridized carbons (Fsp3) is 0.556. The van der Waals surface area contributed by atoms with Crippen LogP contribution < -0.4 is 0 Å². The van der Waals surface area contributed by atoms with E-state index in [-0.39, 0.29) is 0 Å². The lowest BCUT2D eigenvalue weighted by molar-refractivity contribution is 0.181. The van der Waals surface area contributed by atoms with Gasteiger partial charge in [-0.05, 0) is 39.5 Å². The first-order chi connectivity index (χ1) is 11.1. The van der Waals surface area contributed by atoms with E-state index in [1.807, 2.05) is 0 Å². The van der Waals surface area contributed by atoms with Crippen LogP contribution in [-0.4, -0.2) is 35.8 Å². The number of ether oxygens (including phenoxy) is 2. The lowest BCUT2D eigenvalue weighted by atomic mass is 10.1. The summed E-state index contributed by atoms with van der Waals surface area (Å²) in [6.45, 7) is 7.83. The highest BCUT2D eigenvalue weighted by atomic mass is 16.5. The smallest absolute Gasteiger partial charge is 0.137 e. The number of hydrogen-bond donors (Lipinski definition) is 0. The molecule has 0 atom stereocenters. The quantitative estimate of drug-likeness (QED) is 0.546. The molecule has 0 radical (unpaired) electrons. The summed E-state index contributed by atoms with van der Waals surface area (Å²) in [6.07, 6.45) is 6.55. The summed E-state index contributed by atoms with van der Waals surface area (Å²) < 4.78 is 11.9. The lowest BCUT2D eigenvalue weighted by Crippen LogP contribution is -2.03. The third-order valence-corrected chi connectivity index (χ3v) is 3.21. The van der Waals surface area contributed by atoms with E-state index in [2.05, 4.69) is 55.1 Å². The molecule has 0 aliphatic rings. The molecule has 0 aromatic carbocycles. The first-order valence-electron chi connectivity index (χ1n) is 7.76. The van der Waals surface area contributed by atoms with Gasteiger partial charge in [0.05, 0.1) is 13.2 Å². The van der Waals surface area contributed by atoms with Crippen LogP contribution in [0.2, 0.25) is 0 Å². The monoisotopic (exact) mass is 317 g/mol. The van der Waals surface area contributed by atoms with Gasteiger partial charge in [0.1, 0.15) is 18.0 Å². The maximum atomic E-state index is 5.15. The molecule has 1 aromatic heterocycles. The zero-order valence-corrected chi connectivity index (χ0v) is 14.8. The van der Waals surface area contributed by atoms with Crippen LogP contribution in [0.1, 0.15) is 45.0 Å². The SMILES string of the molecule is COCC#Cc1c(COC)nnn1C/C=C(/C)CCC=C(C)C. The van der Waals surface area contributed by atoms with Gasteiger partial charge in [-0.3, -0.25) is 0 Å². The van der Waals surface area contributed by atoms with E-state index in [0.717, 1.165) is 24.2 Å². The van der Waals surface area contributed by atoms with Gasteiger partial charge in [-0.25, -0.2) is 4.68 Å². The number of nitrogens with zero attached hydrogens (tertiary/aromatic N) is 3. The molecule has 0 aliphatic carbocycles. The minimum absolute atomic E-state index is 0.384. The van der Waals surface area contributed by atoms with Gasteiger partial charge in [0.2, 0.25) is 0 Å². The van der Waals surface area contributed by atoms with Gasteiger partial charge in [-0.15, -0.1) is 5.10 Å². The van der Waals surface area contributed by atoms with E-state index in [1.54, 1.807) is 18.9 Å². The van der Waals surface area contributed by atoms with Crippen molar-refractivity contribution in [3.8, 4) is 11.8 Å². The highest BCUT2D eigenvalue weighted by Crippen LogP contribution is 2.09. The Morgan fingerprint density at radius 1 is 1.17 bits per heavy atom. The highest BCUT2D eigenvalue weighted by molar-refractivity contribution is 5.31. The Morgan fingerprint density at radius 3 is 2.61 bits per heavy atom. The van der Waals surface area contributed by atoms with Crippen molar-refractivity contribution in [1.29, 1.82) is 0 Å². The molecule has 5 nitrogen and oxygen atoms in total. The average molecular weight is 317 g/mol. The Labute approximate surface area is 139 Å². The summed E-state index contributed by atoms with van der Waals surface area (Å²) >= 11 is 0. The zero-order valence-electron chi connectivity index (χ0n) is 14.8. The van der Waals surface area contributed by atoms with Crippen molar-refractivity contribution < 1.29 is 9.47 Å². The van der Waals surface area contributed by atoms with Gasteiger partial charge in [-0.2, -0.15) is 0 Å². The van der Waals surface area contributed by atoms with Crippen molar-refractivity contribution in [2.45, 2.75) is 46.8 Å². The number of allylic oxidation sites excluding steroid dienone is 4. The molecule has 5 heteroatoms. The van der Waals surface area contributed by atoms with E-state index in [9.17, 15) is 0 Å². The van der Waals surface area contributed by atoms with Gasteiger partial charge in [-0.1, -0.05) is 34.4 Å². The summed E-state index contributed by atoms with van der Waals surface area (Å²) in [4.78, 5) is 0. The molecule has 0 aliphatic heterocycles. The third kappa shape index (κ3) is 7.27. The van der Waals surface area contributed by atoms with Gasteiger partial charge in [0.25, 0.3) is 0 Å². The molecule has 0 saturated heterocycles. The summed E-state index contributed by atoms with van der Waals surface area (Å²) in [5.74, 6) is 6.03. The van der Waals surface area contributed by atoms with Crippen molar-refractivity contribution in [2.24, 2.45) is 0 Å². The Bertz CT molecular complexity index is 600. The standard InChI is InChI=1S/C18H27N3O2/c1-15(2)8-6-9-16(3)11-12-21-18(10-7-13-22-4)17(14-23-5)19-20-21/h8,11H,6,9,12-14H2,1-5H3/b16-11-. The van der Waals surface area contributed by atoms with Crippen LogP contribution >= 0.6 is 0 Å². The van der Waals surface area contributed by atoms with E-state index in [0.29, 0.717) is 19.8 Å². The summed E-state index contributed by atoms with van der Waals surface area (Å²) in [7, 11) is 3.26. The molecule has 1 aromatic rings. The second-order valence-corrected chi connectivity index (χ2v) is 5.61. The van der Waals surface area contributed by atoms with E-state index in [4.69, 9.17) is 9.47 Å². The molecule has 23 heavy (non-hydrogen) atoms. The van der Waals surface area contributed by atoms with Crippen LogP contribution in [0.3, 0.4) is 0 Å². The Kier molecular flexibility index (Phi) is 8.96. The lowest BCUT2D eigenvalue weighted by Gasteiger charge is -2.02. The largest absolute Gasteiger partial charge is 0.378 e. The molecule has 0 N–H and O–H groups in total. The van der Waals surface area contributed by atoms with E-state index in [1.165, 1.54) is 11.1 Å². The van der Waals surface area contributed by atoms with Crippen molar-refractivity contribution in [3.05, 3.63) is 34.7 Å². The number of aromatic nitrogens is 3. The Hall–Kier alpha value is -1.90. The molecular weight excluding hydrogens is 290 g/mol. The molecule has 126 valence electrons. The van der Waals surface area contributed by atoms with Crippen molar-refractivity contribution >= 4 is 0 Å². The summed E-state index contributed by atoms with van der Waals surface area (Å²) in [5.41, 5.74) is 4.24. The zero-order chi connectivity index (χ0) is 17.1. The van der Waals surface area contributed by atoms with Crippen LogP contribution in [0.15, 0.2) is 23.3 Å². The number of hydrogen-bond acceptors (Lipinski definition) is 4. The number of rotatable bonds is 8. The highest BCUT2D eigenvalue weighted by Gasteiger charge is 2.09. The molecular formula is C18H27N3O2. The molecule has 0 spiro atoms. The minimum atomic E-state index is 0.384. The minimum Gasteiger partial charge on any atom is -0.378 e. The van der Waals surface area contributed by atoms with Crippen LogP contribution in [0.4, 0.5) is 0 Å². The first kappa shape index (κ1) is 19.1. The van der Waals surface area contributed by atoms with Gasteiger partial charge < -0.3 is 9.47 Å². The fourth-order valence-corrected chi connectivity index (χ4v) is 1.97. The maximum absolute atomic E-state index is 5.15. The molecule has 0 bridgehead atoms. The second-order valence-electron chi connectivity index (χ2n) is 5.61. The molecule has 0 unspecified atom stereocenters. The number of methoxy groups -OCH3 is 2. The van der Waals surface area contributed by atoms with Crippen LogP contribution in [-0.2, 0) is 22.6 Å². The molecule has 0 saturated carbocycles. The van der Waals surface area contributed by atoms with E-state index < -0.39 is 0 Å². The molecule has 1 heterocycles. The Balaban J connectivity index is 2.79.